The molecule has 1 aromatic heterocycles. The Hall–Kier alpha value is -0.820. The van der Waals surface area contributed by atoms with Crippen molar-refractivity contribution in [3.05, 3.63) is 23.0 Å². The van der Waals surface area contributed by atoms with Gasteiger partial charge in [-0.1, -0.05) is 23.4 Å². The molecule has 0 spiro atoms. The van der Waals surface area contributed by atoms with Crippen molar-refractivity contribution in [2.75, 3.05) is 11.5 Å². The molecule has 0 aliphatic rings. The van der Waals surface area contributed by atoms with Crippen molar-refractivity contribution in [3.63, 3.8) is 0 Å². The fourth-order valence-corrected chi connectivity index (χ4v) is 2.35. The maximum atomic E-state index is 10.7. The number of carbonyl (C=O) groups excluding carboxylic acids is 1. The van der Waals surface area contributed by atoms with Crippen LogP contribution >= 0.6 is 23.4 Å². The van der Waals surface area contributed by atoms with E-state index in [-0.39, 0.29) is 27.9 Å². The number of nitrogen functional groups attached to an aromatic ring is 1. The lowest BCUT2D eigenvalue weighted by atomic mass is 10.0. The van der Waals surface area contributed by atoms with E-state index in [1.54, 1.807) is 0 Å². The largest absolute Gasteiger partial charge is 0.398 e. The molecule has 0 radical (unpaired) electrons. The average molecular weight is 291 g/mol. The molecule has 0 aliphatic heterocycles. The van der Waals surface area contributed by atoms with E-state index in [2.05, 4.69) is 4.98 Å². The Balaban J connectivity index is 2.68. The summed E-state index contributed by atoms with van der Waals surface area (Å²) in [6, 6.07) is 1.50. The molecule has 1 rings (SSSR count). The lowest BCUT2D eigenvalue weighted by Gasteiger charge is -2.19. The summed E-state index contributed by atoms with van der Waals surface area (Å²) in [5.41, 5.74) is 6.18. The van der Waals surface area contributed by atoms with Gasteiger partial charge in [-0.05, 0) is 12.5 Å². The minimum atomic E-state index is -1.21. The van der Waals surface area contributed by atoms with Crippen molar-refractivity contribution in [1.82, 2.24) is 4.98 Å². The van der Waals surface area contributed by atoms with Gasteiger partial charge in [-0.25, -0.2) is 4.98 Å². The molecule has 0 aliphatic carbocycles. The van der Waals surface area contributed by atoms with Gasteiger partial charge in [0.1, 0.15) is 11.3 Å². The summed E-state index contributed by atoms with van der Waals surface area (Å²) in [7, 11) is 0. The molecule has 0 amide bonds. The Morgan fingerprint density at radius 1 is 1.61 bits per heavy atom. The van der Waals surface area contributed by atoms with Crippen LogP contribution in [0.4, 0.5) is 5.69 Å². The number of nitrogens with two attached hydrogens (primary N) is 1. The van der Waals surface area contributed by atoms with E-state index in [1.165, 1.54) is 19.2 Å². The van der Waals surface area contributed by atoms with Crippen molar-refractivity contribution >= 4 is 34.2 Å². The minimum Gasteiger partial charge on any atom is -0.398 e. The number of pyridine rings is 1. The molecule has 1 aromatic rings. The van der Waals surface area contributed by atoms with Gasteiger partial charge in [-0.2, -0.15) is 0 Å². The van der Waals surface area contributed by atoms with Crippen molar-refractivity contribution in [2.45, 2.75) is 25.6 Å². The van der Waals surface area contributed by atoms with Gasteiger partial charge in [0.25, 0.3) is 0 Å². The predicted molar refractivity (Wildman–Crippen MR) is 72.4 cm³/mol. The number of aromatic nitrogens is 1. The highest BCUT2D eigenvalue weighted by atomic mass is 35.5. The Bertz CT molecular complexity index is 410. The molecule has 0 bridgehead atoms. The second-order valence-corrected chi connectivity index (χ2v) is 5.38. The molecule has 0 fully saturated rings. The van der Waals surface area contributed by atoms with Gasteiger partial charge in [-0.15, -0.1) is 0 Å². The summed E-state index contributed by atoms with van der Waals surface area (Å²) in [5, 5.41) is 19.8. The van der Waals surface area contributed by atoms with E-state index in [1.807, 2.05) is 0 Å². The molecule has 18 heavy (non-hydrogen) atoms. The van der Waals surface area contributed by atoms with Crippen LogP contribution in [-0.2, 0) is 4.79 Å². The summed E-state index contributed by atoms with van der Waals surface area (Å²) in [5.74, 6) is 0.422. The van der Waals surface area contributed by atoms with Crippen LogP contribution in [-0.4, -0.2) is 32.2 Å². The third kappa shape index (κ3) is 4.13. The van der Waals surface area contributed by atoms with E-state index >= 15 is 0 Å². The number of hydrogen-bond acceptors (Lipinski definition) is 6. The molecule has 100 valence electrons. The first-order valence-corrected chi connectivity index (χ1v) is 6.69. The van der Waals surface area contributed by atoms with Crippen LogP contribution in [0.1, 0.15) is 25.0 Å². The molecular weight excluding hydrogens is 276 g/mol. The highest BCUT2D eigenvalue weighted by molar-refractivity contribution is 8.13. The number of aliphatic hydroxyl groups is 2. The molecule has 0 saturated carbocycles. The van der Waals surface area contributed by atoms with Crippen molar-refractivity contribution in [2.24, 2.45) is 0 Å². The lowest BCUT2D eigenvalue weighted by molar-refractivity contribution is -0.109. The van der Waals surface area contributed by atoms with Crippen LogP contribution < -0.4 is 5.73 Å². The maximum absolute atomic E-state index is 10.7. The molecule has 7 heteroatoms. The highest BCUT2D eigenvalue weighted by Crippen LogP contribution is 2.30. The Morgan fingerprint density at radius 2 is 2.28 bits per heavy atom. The summed E-state index contributed by atoms with van der Waals surface area (Å²) < 4.78 is 0. The number of halogens is 1. The van der Waals surface area contributed by atoms with Gasteiger partial charge in [0.05, 0.1) is 6.10 Å². The van der Waals surface area contributed by atoms with Crippen molar-refractivity contribution < 1.29 is 15.0 Å². The zero-order valence-electron chi connectivity index (χ0n) is 9.84. The number of hydrogen-bond donors (Lipinski definition) is 3. The summed E-state index contributed by atoms with van der Waals surface area (Å²) in [4.78, 5) is 14.5. The number of aliphatic hydroxyl groups excluding tert-OH is 2. The van der Waals surface area contributed by atoms with Gasteiger partial charge in [-0.3, -0.25) is 4.79 Å². The number of anilines is 1. The van der Waals surface area contributed by atoms with Crippen molar-refractivity contribution in [1.29, 1.82) is 0 Å². The zero-order valence-corrected chi connectivity index (χ0v) is 11.4. The fraction of sp³-hybridized carbons (Fsp3) is 0.455. The van der Waals surface area contributed by atoms with Crippen LogP contribution in [0, 0.1) is 0 Å². The maximum Gasteiger partial charge on any atom is 0.185 e. The summed E-state index contributed by atoms with van der Waals surface area (Å²) in [6.45, 7) is 1.45. The molecule has 0 aromatic carbocycles. The first-order valence-electron chi connectivity index (χ1n) is 5.33. The van der Waals surface area contributed by atoms with E-state index in [0.717, 1.165) is 11.8 Å². The van der Waals surface area contributed by atoms with E-state index in [9.17, 15) is 15.0 Å². The van der Waals surface area contributed by atoms with Crippen LogP contribution in [0.15, 0.2) is 12.3 Å². The fourth-order valence-electron chi connectivity index (χ4n) is 1.43. The average Bonchev–Trinajstić information content (AvgIpc) is 2.27. The number of rotatable bonds is 5. The number of thioether (sulfide) groups is 1. The monoisotopic (exact) mass is 290 g/mol. The molecule has 2 unspecified atom stereocenters. The van der Waals surface area contributed by atoms with E-state index in [4.69, 9.17) is 17.3 Å². The highest BCUT2D eigenvalue weighted by Gasteiger charge is 2.23. The second kappa shape index (κ2) is 6.94. The third-order valence-corrected chi connectivity index (χ3v) is 3.50. The van der Waals surface area contributed by atoms with Crippen LogP contribution in [0.25, 0.3) is 0 Å². The standard InChI is InChI=1S/C11H15ClN2O3S/c1-6(15)18-5-3-8(16)10(17)9-7(13)2-4-14-11(9)12/h2,4,8,10,16-17H,3,5H2,1H3,(H2,13,14). The van der Waals surface area contributed by atoms with Crippen molar-refractivity contribution in [3.8, 4) is 0 Å². The van der Waals surface area contributed by atoms with Gasteiger partial charge in [0.15, 0.2) is 5.12 Å². The lowest BCUT2D eigenvalue weighted by Crippen LogP contribution is -2.21. The Labute approximate surface area is 114 Å². The number of nitrogens with zero attached hydrogens (tertiary/aromatic N) is 1. The predicted octanol–water partition coefficient (Wildman–Crippen LogP) is 1.38. The van der Waals surface area contributed by atoms with Crippen LogP contribution in [0.5, 0.6) is 0 Å². The SMILES string of the molecule is CC(=O)SCCC(O)C(O)c1c(N)ccnc1Cl. The second-order valence-electron chi connectivity index (χ2n) is 3.75. The minimum absolute atomic E-state index is 0.0318. The first kappa shape index (κ1) is 15.2. The van der Waals surface area contributed by atoms with Gasteiger partial charge >= 0.3 is 0 Å². The first-order chi connectivity index (χ1) is 8.43. The summed E-state index contributed by atoms with van der Waals surface area (Å²) in [6.07, 6.45) is -0.568. The topological polar surface area (TPSA) is 96.4 Å². The van der Waals surface area contributed by atoms with Gasteiger partial charge in [0, 0.05) is 30.1 Å². The quantitative estimate of drug-likeness (QED) is 0.709. The number of carbonyl (C=O) groups is 1. The summed E-state index contributed by atoms with van der Waals surface area (Å²) >= 11 is 6.92. The molecule has 0 saturated heterocycles. The molecule has 1 heterocycles. The van der Waals surface area contributed by atoms with Gasteiger partial charge < -0.3 is 15.9 Å². The normalized spacial score (nSPS) is 14.2. The van der Waals surface area contributed by atoms with Crippen LogP contribution in [0.3, 0.4) is 0 Å². The van der Waals surface area contributed by atoms with Crippen LogP contribution in [0.2, 0.25) is 5.15 Å². The molecule has 4 N–H and O–H groups in total. The zero-order chi connectivity index (χ0) is 13.7. The molecule has 2 atom stereocenters. The smallest absolute Gasteiger partial charge is 0.185 e. The Morgan fingerprint density at radius 3 is 2.83 bits per heavy atom. The van der Waals surface area contributed by atoms with Gasteiger partial charge in [0.2, 0.25) is 0 Å². The third-order valence-electron chi connectivity index (χ3n) is 2.35. The Kier molecular flexibility index (Phi) is 5.87. The molecule has 5 nitrogen and oxygen atoms in total. The molecular formula is C11H15ClN2O3S. The van der Waals surface area contributed by atoms with E-state index < -0.39 is 12.2 Å². The van der Waals surface area contributed by atoms with E-state index in [0.29, 0.717) is 5.75 Å².